The Bertz CT molecular complexity index is 1510. The largest absolute Gasteiger partial charge is 0.352 e. The molecule has 0 bridgehead atoms. The minimum atomic E-state index is -3.58. The molecule has 0 aliphatic heterocycles. The molecule has 4 rings (SSSR count). The molecule has 0 spiro atoms. The summed E-state index contributed by atoms with van der Waals surface area (Å²) in [5.74, 6) is -0.403. The van der Waals surface area contributed by atoms with E-state index in [0.29, 0.717) is 23.6 Å². The Morgan fingerprint density at radius 2 is 1.63 bits per heavy atom. The van der Waals surface area contributed by atoms with E-state index in [1.165, 1.54) is 10.6 Å². The fraction of sp³-hybridized carbons (Fsp3) is 0.412. The van der Waals surface area contributed by atoms with Crippen LogP contribution in [0.4, 0.5) is 5.69 Å². The molecular weight excluding hydrogens is 582 g/mol. The molecule has 1 fully saturated rings. The van der Waals surface area contributed by atoms with Crippen LogP contribution in [0.3, 0.4) is 0 Å². The van der Waals surface area contributed by atoms with Gasteiger partial charge in [-0.25, -0.2) is 8.42 Å². The number of hydrogen-bond donors (Lipinski definition) is 1. The number of benzene rings is 3. The van der Waals surface area contributed by atoms with Crippen molar-refractivity contribution in [2.75, 3.05) is 17.1 Å². The summed E-state index contributed by atoms with van der Waals surface area (Å²) in [4.78, 5) is 29.5. The van der Waals surface area contributed by atoms with Gasteiger partial charge in [-0.2, -0.15) is 0 Å². The highest BCUT2D eigenvalue weighted by molar-refractivity contribution is 7.92. The van der Waals surface area contributed by atoms with Gasteiger partial charge < -0.3 is 10.2 Å². The number of sulfonamides is 1. The number of amides is 2. The number of anilines is 1. The van der Waals surface area contributed by atoms with Crippen molar-refractivity contribution in [3.63, 3.8) is 0 Å². The van der Waals surface area contributed by atoms with Crippen LogP contribution in [0.15, 0.2) is 72.8 Å². The zero-order valence-corrected chi connectivity index (χ0v) is 26.8. The van der Waals surface area contributed by atoms with Crippen molar-refractivity contribution in [2.45, 2.75) is 77.4 Å². The zero-order chi connectivity index (χ0) is 31.0. The van der Waals surface area contributed by atoms with Gasteiger partial charge in [-0.05, 0) is 73.6 Å². The predicted octanol–water partition coefficient (Wildman–Crippen LogP) is 6.20. The van der Waals surface area contributed by atoms with E-state index in [1.54, 1.807) is 17.0 Å². The fourth-order valence-electron chi connectivity index (χ4n) is 5.62. The number of hydrogen-bond acceptors (Lipinski definition) is 4. The van der Waals surface area contributed by atoms with Gasteiger partial charge in [-0.1, -0.05) is 79.0 Å². The van der Waals surface area contributed by atoms with Crippen molar-refractivity contribution in [2.24, 2.45) is 0 Å². The SMILES string of the molecule is Cc1ccc(N(CCCC(=O)N(Cc2ccccc2Cl)[C@@H](Cc2ccccc2)C(=O)NC2CCCC2)S(C)(=O)=O)cc1C. The van der Waals surface area contributed by atoms with Crippen LogP contribution in [-0.2, 0) is 32.6 Å². The molecular formula is C34H42ClN3O4S. The first-order chi connectivity index (χ1) is 20.5. The van der Waals surface area contributed by atoms with E-state index < -0.39 is 16.1 Å². The van der Waals surface area contributed by atoms with Crippen molar-refractivity contribution in [1.82, 2.24) is 10.2 Å². The fourth-order valence-corrected chi connectivity index (χ4v) is 6.77. The predicted molar refractivity (Wildman–Crippen MR) is 174 cm³/mol. The molecule has 3 aromatic carbocycles. The lowest BCUT2D eigenvalue weighted by Gasteiger charge is -2.33. The van der Waals surface area contributed by atoms with Crippen LogP contribution in [0.2, 0.25) is 5.02 Å². The van der Waals surface area contributed by atoms with Crippen LogP contribution in [0, 0.1) is 13.8 Å². The Balaban J connectivity index is 1.59. The maximum Gasteiger partial charge on any atom is 0.243 e. The monoisotopic (exact) mass is 623 g/mol. The number of halogens is 1. The minimum Gasteiger partial charge on any atom is -0.352 e. The minimum absolute atomic E-state index is 0.0727. The lowest BCUT2D eigenvalue weighted by atomic mass is 10.0. The van der Waals surface area contributed by atoms with Gasteiger partial charge in [0.25, 0.3) is 0 Å². The zero-order valence-electron chi connectivity index (χ0n) is 25.3. The normalized spacial score (nSPS) is 14.3. The lowest BCUT2D eigenvalue weighted by molar-refractivity contribution is -0.141. The molecule has 2 amide bonds. The third-order valence-corrected chi connectivity index (χ3v) is 9.76. The van der Waals surface area contributed by atoms with E-state index in [4.69, 9.17) is 11.6 Å². The molecule has 0 radical (unpaired) electrons. The molecule has 1 atom stereocenters. The van der Waals surface area contributed by atoms with E-state index in [2.05, 4.69) is 5.32 Å². The number of nitrogens with zero attached hydrogens (tertiary/aromatic N) is 2. The molecule has 0 aromatic heterocycles. The molecule has 1 N–H and O–H groups in total. The maximum absolute atomic E-state index is 14.0. The summed E-state index contributed by atoms with van der Waals surface area (Å²) in [5, 5.41) is 3.73. The second kappa shape index (κ2) is 14.9. The van der Waals surface area contributed by atoms with E-state index >= 15 is 0 Å². The van der Waals surface area contributed by atoms with Gasteiger partial charge in [0, 0.05) is 37.0 Å². The first-order valence-corrected chi connectivity index (χ1v) is 17.2. The highest BCUT2D eigenvalue weighted by atomic mass is 35.5. The van der Waals surface area contributed by atoms with Gasteiger partial charge in [0.15, 0.2) is 0 Å². The Kier molecular flexibility index (Phi) is 11.3. The van der Waals surface area contributed by atoms with E-state index in [1.807, 2.05) is 74.5 Å². The van der Waals surface area contributed by atoms with Crippen molar-refractivity contribution in [3.05, 3.63) is 100 Å². The maximum atomic E-state index is 14.0. The van der Waals surface area contributed by atoms with Crippen LogP contribution in [0.1, 0.15) is 60.8 Å². The number of aryl methyl sites for hydroxylation is 2. The van der Waals surface area contributed by atoms with Gasteiger partial charge in [-0.3, -0.25) is 13.9 Å². The van der Waals surface area contributed by atoms with Gasteiger partial charge in [0.05, 0.1) is 11.9 Å². The van der Waals surface area contributed by atoms with Crippen molar-refractivity contribution in [3.8, 4) is 0 Å². The Hall–Kier alpha value is -3.36. The summed E-state index contributed by atoms with van der Waals surface area (Å²) in [6, 6.07) is 21.9. The molecule has 1 saturated carbocycles. The van der Waals surface area contributed by atoms with Gasteiger partial charge in [0.2, 0.25) is 21.8 Å². The molecule has 7 nitrogen and oxygen atoms in total. The van der Waals surface area contributed by atoms with Crippen LogP contribution >= 0.6 is 11.6 Å². The highest BCUT2D eigenvalue weighted by Gasteiger charge is 2.32. The van der Waals surface area contributed by atoms with E-state index in [-0.39, 0.29) is 37.4 Å². The quantitative estimate of drug-likeness (QED) is 0.246. The number of carbonyl (C=O) groups is 2. The third kappa shape index (κ3) is 9.07. The van der Waals surface area contributed by atoms with E-state index in [9.17, 15) is 18.0 Å². The standard InChI is InChI=1S/C34H42ClN3O4S/c1-25-19-20-30(22-26(25)2)38(43(3,41)42)21-11-18-33(39)37(24-28-14-7-10-17-31(28)35)32(23-27-12-5-4-6-13-27)34(40)36-29-15-8-9-16-29/h4-7,10,12-14,17,19-20,22,29,32H,8-9,11,15-16,18,21,23-24H2,1-3H3,(H,36,40)/t32-/m0/s1. The van der Waals surface area contributed by atoms with Crippen LogP contribution in [0.25, 0.3) is 0 Å². The highest BCUT2D eigenvalue weighted by Crippen LogP contribution is 2.25. The molecule has 9 heteroatoms. The van der Waals surface area contributed by atoms with Gasteiger partial charge in [-0.15, -0.1) is 0 Å². The molecule has 43 heavy (non-hydrogen) atoms. The summed E-state index contributed by atoms with van der Waals surface area (Å²) in [6.07, 6.45) is 5.92. The first kappa shape index (κ1) is 32.6. The molecule has 1 aliphatic carbocycles. The second-order valence-electron chi connectivity index (χ2n) is 11.5. The van der Waals surface area contributed by atoms with Gasteiger partial charge in [0.1, 0.15) is 6.04 Å². The summed E-state index contributed by atoms with van der Waals surface area (Å²) < 4.78 is 26.8. The first-order valence-electron chi connectivity index (χ1n) is 14.9. The van der Waals surface area contributed by atoms with Crippen molar-refractivity contribution in [1.29, 1.82) is 0 Å². The molecule has 230 valence electrons. The molecule has 3 aromatic rings. The smallest absolute Gasteiger partial charge is 0.243 e. The van der Waals surface area contributed by atoms with Crippen LogP contribution in [-0.4, -0.2) is 50.0 Å². The average molecular weight is 624 g/mol. The summed E-state index contributed by atoms with van der Waals surface area (Å²) in [7, 11) is -3.58. The summed E-state index contributed by atoms with van der Waals surface area (Å²) in [6.45, 7) is 4.23. The van der Waals surface area contributed by atoms with Gasteiger partial charge >= 0.3 is 0 Å². The summed E-state index contributed by atoms with van der Waals surface area (Å²) >= 11 is 6.53. The number of rotatable bonds is 13. The molecule has 1 aliphatic rings. The van der Waals surface area contributed by atoms with Crippen molar-refractivity contribution >= 4 is 39.1 Å². The topological polar surface area (TPSA) is 86.8 Å². The number of carbonyl (C=O) groups excluding carboxylic acids is 2. The van der Waals surface area contributed by atoms with Crippen LogP contribution in [0.5, 0.6) is 0 Å². The lowest BCUT2D eigenvalue weighted by Crippen LogP contribution is -2.52. The van der Waals surface area contributed by atoms with Crippen molar-refractivity contribution < 1.29 is 18.0 Å². The van der Waals surface area contributed by atoms with Crippen LogP contribution < -0.4 is 9.62 Å². The molecule has 0 unspecified atom stereocenters. The third-order valence-electron chi connectivity index (χ3n) is 8.20. The average Bonchev–Trinajstić information content (AvgIpc) is 3.48. The molecule has 0 heterocycles. The number of nitrogens with one attached hydrogen (secondary N) is 1. The molecule has 0 saturated heterocycles. The summed E-state index contributed by atoms with van der Waals surface area (Å²) in [5.41, 5.74) is 4.33. The Labute approximate surface area is 261 Å². The Morgan fingerprint density at radius 3 is 2.28 bits per heavy atom. The van der Waals surface area contributed by atoms with E-state index in [0.717, 1.165) is 47.9 Å². The Morgan fingerprint density at radius 1 is 0.953 bits per heavy atom. The second-order valence-corrected chi connectivity index (χ2v) is 13.8.